The Balaban J connectivity index is 1.64. The van der Waals surface area contributed by atoms with Crippen molar-refractivity contribution >= 4 is 23.6 Å². The first-order valence-electron chi connectivity index (χ1n) is 9.84. The lowest BCUT2D eigenvalue weighted by Gasteiger charge is -2.14. The molecule has 156 valence electrons. The van der Waals surface area contributed by atoms with Crippen molar-refractivity contribution in [3.63, 3.8) is 0 Å². The first-order valence-corrected chi connectivity index (χ1v) is 9.84. The third-order valence-corrected chi connectivity index (χ3v) is 4.94. The van der Waals surface area contributed by atoms with Gasteiger partial charge in [-0.05, 0) is 36.8 Å². The van der Waals surface area contributed by atoms with Crippen molar-refractivity contribution in [3.05, 3.63) is 95.1 Å². The Hall–Kier alpha value is -4.06. The van der Waals surface area contributed by atoms with E-state index in [0.717, 1.165) is 5.56 Å². The number of aryl methyl sites for hydroxylation is 1. The minimum absolute atomic E-state index is 0.0253. The number of anilines is 1. The molecule has 0 saturated carbocycles. The summed E-state index contributed by atoms with van der Waals surface area (Å²) in [7, 11) is 1.55. The summed E-state index contributed by atoms with van der Waals surface area (Å²) in [6.45, 7) is 2.35. The molecule has 1 saturated heterocycles. The second kappa shape index (κ2) is 8.75. The van der Waals surface area contributed by atoms with Crippen molar-refractivity contribution in [2.24, 2.45) is 0 Å². The largest absolute Gasteiger partial charge is 0.493 e. The molecule has 0 aliphatic carbocycles. The summed E-state index contributed by atoms with van der Waals surface area (Å²) in [5.41, 5.74) is 5.97. The van der Waals surface area contributed by atoms with Gasteiger partial charge in [0.1, 0.15) is 12.2 Å². The Morgan fingerprint density at radius 1 is 0.935 bits per heavy atom. The molecule has 1 N–H and O–H groups in total. The number of carbonyl (C=O) groups is 2. The van der Waals surface area contributed by atoms with Crippen molar-refractivity contribution in [2.45, 2.75) is 13.5 Å². The first-order chi connectivity index (χ1) is 15.1. The van der Waals surface area contributed by atoms with Crippen LogP contribution in [-0.4, -0.2) is 18.9 Å². The Kier molecular flexibility index (Phi) is 5.71. The van der Waals surface area contributed by atoms with E-state index in [1.54, 1.807) is 49.6 Å². The van der Waals surface area contributed by atoms with Gasteiger partial charge in [-0.3, -0.25) is 15.0 Å². The fourth-order valence-corrected chi connectivity index (χ4v) is 3.27. The number of nitrogens with zero attached hydrogens (tertiary/aromatic N) is 1. The molecule has 3 aromatic carbocycles. The third-order valence-electron chi connectivity index (χ3n) is 4.94. The maximum atomic E-state index is 12.9. The predicted octanol–water partition coefficient (Wildman–Crippen LogP) is 4.04. The number of amides is 2. The van der Waals surface area contributed by atoms with E-state index >= 15 is 0 Å². The van der Waals surface area contributed by atoms with Crippen LogP contribution in [-0.2, 0) is 16.2 Å². The quantitative estimate of drug-likeness (QED) is 0.488. The minimum atomic E-state index is -0.471. The maximum absolute atomic E-state index is 12.9. The van der Waals surface area contributed by atoms with Crippen LogP contribution >= 0.6 is 0 Å². The van der Waals surface area contributed by atoms with Gasteiger partial charge in [0.2, 0.25) is 0 Å². The molecule has 1 heterocycles. The molecule has 1 aliphatic rings. The summed E-state index contributed by atoms with van der Waals surface area (Å²) in [4.78, 5) is 25.4. The molecule has 0 radical (unpaired) electrons. The zero-order valence-corrected chi connectivity index (χ0v) is 17.3. The molecule has 0 aromatic heterocycles. The van der Waals surface area contributed by atoms with E-state index in [9.17, 15) is 9.59 Å². The number of benzene rings is 3. The van der Waals surface area contributed by atoms with Gasteiger partial charge in [0, 0.05) is 5.56 Å². The van der Waals surface area contributed by atoms with Gasteiger partial charge >= 0.3 is 0 Å². The zero-order valence-electron chi connectivity index (χ0n) is 17.3. The van der Waals surface area contributed by atoms with Gasteiger partial charge in [-0.2, -0.15) is 0 Å². The molecule has 1 fully saturated rings. The molecule has 31 heavy (non-hydrogen) atoms. The van der Waals surface area contributed by atoms with Gasteiger partial charge in [-0.25, -0.2) is 5.01 Å². The summed E-state index contributed by atoms with van der Waals surface area (Å²) in [5.74, 6) is 0.0914. The molecule has 1 aliphatic heterocycles. The van der Waals surface area contributed by atoms with Crippen molar-refractivity contribution in [2.75, 3.05) is 12.1 Å². The zero-order chi connectivity index (χ0) is 21.8. The van der Waals surface area contributed by atoms with E-state index in [-0.39, 0.29) is 5.57 Å². The van der Waals surface area contributed by atoms with Crippen molar-refractivity contribution < 1.29 is 19.1 Å². The average molecular weight is 414 g/mol. The van der Waals surface area contributed by atoms with Gasteiger partial charge in [0.25, 0.3) is 11.8 Å². The average Bonchev–Trinajstić information content (AvgIpc) is 3.08. The standard InChI is InChI=1S/C25H22N2O4/c1-17-11-13-18(14-12-17)16-31-23-19(7-6-10-22(23)30-2)15-21-24(28)26-27(25(21)29)20-8-4-3-5-9-20/h3-15H,16H2,1-2H3,(H,26,28). The summed E-state index contributed by atoms with van der Waals surface area (Å²) >= 11 is 0. The Bertz CT molecular complexity index is 1140. The third kappa shape index (κ3) is 4.28. The molecule has 0 atom stereocenters. The van der Waals surface area contributed by atoms with E-state index in [0.29, 0.717) is 29.4 Å². The summed E-state index contributed by atoms with van der Waals surface area (Å²) in [6.07, 6.45) is 1.54. The van der Waals surface area contributed by atoms with Gasteiger partial charge < -0.3 is 9.47 Å². The molecule has 2 amide bonds. The van der Waals surface area contributed by atoms with Crippen LogP contribution in [0.4, 0.5) is 5.69 Å². The molecule has 6 nitrogen and oxygen atoms in total. The second-order valence-corrected chi connectivity index (χ2v) is 7.13. The number of para-hydroxylation sites is 2. The Labute approximate surface area is 180 Å². The SMILES string of the molecule is COc1cccc(C=C2C(=O)NN(c3ccccc3)C2=O)c1OCc1ccc(C)cc1. The smallest absolute Gasteiger partial charge is 0.282 e. The van der Waals surface area contributed by atoms with Gasteiger partial charge in [0.15, 0.2) is 11.5 Å². The van der Waals surface area contributed by atoms with E-state index in [1.807, 2.05) is 37.3 Å². The van der Waals surface area contributed by atoms with Crippen molar-refractivity contribution in [1.82, 2.24) is 5.43 Å². The summed E-state index contributed by atoms with van der Waals surface area (Å²) in [6, 6.07) is 22.3. The Morgan fingerprint density at radius 3 is 2.39 bits per heavy atom. The van der Waals surface area contributed by atoms with Crippen LogP contribution in [0.1, 0.15) is 16.7 Å². The molecule has 0 bridgehead atoms. The van der Waals surface area contributed by atoms with E-state index in [1.165, 1.54) is 16.6 Å². The van der Waals surface area contributed by atoms with Crippen LogP contribution in [0.2, 0.25) is 0 Å². The maximum Gasteiger partial charge on any atom is 0.282 e. The van der Waals surface area contributed by atoms with Gasteiger partial charge in [0.05, 0.1) is 12.8 Å². The molecule has 4 rings (SSSR count). The van der Waals surface area contributed by atoms with Crippen molar-refractivity contribution in [1.29, 1.82) is 0 Å². The van der Waals surface area contributed by atoms with Gasteiger partial charge in [-0.15, -0.1) is 0 Å². The van der Waals surface area contributed by atoms with Crippen LogP contribution in [0, 0.1) is 6.92 Å². The second-order valence-electron chi connectivity index (χ2n) is 7.13. The van der Waals surface area contributed by atoms with Crippen LogP contribution in [0.25, 0.3) is 6.08 Å². The van der Waals surface area contributed by atoms with Crippen molar-refractivity contribution in [3.8, 4) is 11.5 Å². The molecule has 0 spiro atoms. The molecule has 6 heteroatoms. The Morgan fingerprint density at radius 2 is 1.68 bits per heavy atom. The predicted molar refractivity (Wildman–Crippen MR) is 119 cm³/mol. The number of methoxy groups -OCH3 is 1. The molecule has 3 aromatic rings. The lowest BCUT2D eigenvalue weighted by Crippen LogP contribution is -2.35. The summed E-state index contributed by atoms with van der Waals surface area (Å²) < 4.78 is 11.5. The topological polar surface area (TPSA) is 67.9 Å². The number of hydrogen-bond acceptors (Lipinski definition) is 4. The van der Waals surface area contributed by atoms with E-state index in [2.05, 4.69) is 5.43 Å². The normalized spacial score (nSPS) is 14.6. The highest BCUT2D eigenvalue weighted by atomic mass is 16.5. The number of hydrogen-bond donors (Lipinski definition) is 1. The number of carbonyl (C=O) groups excluding carboxylic acids is 2. The number of hydrazine groups is 1. The first kappa shape index (κ1) is 20.2. The van der Waals surface area contributed by atoms with Crippen LogP contribution in [0.5, 0.6) is 11.5 Å². The fourth-order valence-electron chi connectivity index (χ4n) is 3.27. The summed E-state index contributed by atoms with van der Waals surface area (Å²) in [5, 5.41) is 1.24. The van der Waals surface area contributed by atoms with E-state index in [4.69, 9.17) is 9.47 Å². The van der Waals surface area contributed by atoms with Crippen LogP contribution in [0.15, 0.2) is 78.4 Å². The highest BCUT2D eigenvalue weighted by Crippen LogP contribution is 2.34. The molecular formula is C25H22N2O4. The van der Waals surface area contributed by atoms with Crippen LogP contribution in [0.3, 0.4) is 0 Å². The minimum Gasteiger partial charge on any atom is -0.493 e. The monoisotopic (exact) mass is 414 g/mol. The highest BCUT2D eigenvalue weighted by Gasteiger charge is 2.34. The number of ether oxygens (including phenoxy) is 2. The highest BCUT2D eigenvalue weighted by molar-refractivity contribution is 6.31. The number of nitrogens with one attached hydrogen (secondary N) is 1. The molecular weight excluding hydrogens is 392 g/mol. The number of rotatable bonds is 6. The lowest BCUT2D eigenvalue weighted by molar-refractivity contribution is -0.117. The van der Waals surface area contributed by atoms with Gasteiger partial charge in [-0.1, -0.05) is 60.2 Å². The van der Waals surface area contributed by atoms with Crippen LogP contribution < -0.4 is 19.9 Å². The molecule has 0 unspecified atom stereocenters. The lowest BCUT2D eigenvalue weighted by atomic mass is 10.1. The fraction of sp³-hybridized carbons (Fsp3) is 0.120. The van der Waals surface area contributed by atoms with E-state index < -0.39 is 11.8 Å².